The van der Waals surface area contributed by atoms with Gasteiger partial charge < -0.3 is 15.0 Å². The zero-order chi connectivity index (χ0) is 20.3. The Balaban J connectivity index is 1.74. The summed E-state index contributed by atoms with van der Waals surface area (Å²) >= 11 is 3.50. The van der Waals surface area contributed by atoms with Crippen LogP contribution in [0.25, 0.3) is 5.69 Å². The van der Waals surface area contributed by atoms with Crippen LogP contribution in [0.3, 0.4) is 0 Å². The number of likely N-dealkylation sites (N-methyl/N-ethyl adjacent to an activating group) is 1. The summed E-state index contributed by atoms with van der Waals surface area (Å²) < 4.78 is 7.72. The SMILES string of the molecule is COc1ccc(-n2ncc3c2NC(=O)C[C@@]32C(=O)N(C)c3ccc(Br)cc32)cc1. The number of hydrogen-bond acceptors (Lipinski definition) is 4. The topological polar surface area (TPSA) is 76.5 Å². The number of fused-ring (bicyclic) bond motifs is 4. The minimum absolute atomic E-state index is 0.0426. The summed E-state index contributed by atoms with van der Waals surface area (Å²) in [4.78, 5) is 27.8. The number of methoxy groups -OCH3 is 1. The number of anilines is 2. The Bertz CT molecular complexity index is 1170. The van der Waals surface area contributed by atoms with Crippen LogP contribution in [-0.2, 0) is 15.0 Å². The van der Waals surface area contributed by atoms with Crippen molar-refractivity contribution in [1.82, 2.24) is 9.78 Å². The highest BCUT2D eigenvalue weighted by Crippen LogP contribution is 2.52. The summed E-state index contributed by atoms with van der Waals surface area (Å²) in [6.45, 7) is 0. The number of aromatic nitrogens is 2. The average molecular weight is 453 g/mol. The Labute approximate surface area is 175 Å². The molecule has 2 aromatic carbocycles. The van der Waals surface area contributed by atoms with E-state index in [1.165, 1.54) is 0 Å². The van der Waals surface area contributed by atoms with Crippen molar-refractivity contribution in [2.45, 2.75) is 11.8 Å². The lowest BCUT2D eigenvalue weighted by Gasteiger charge is -2.32. The second kappa shape index (κ2) is 6.18. The van der Waals surface area contributed by atoms with Crippen LogP contribution in [0.15, 0.2) is 53.1 Å². The van der Waals surface area contributed by atoms with Crippen LogP contribution < -0.4 is 15.0 Å². The first-order valence-electron chi connectivity index (χ1n) is 9.06. The van der Waals surface area contributed by atoms with E-state index < -0.39 is 5.41 Å². The molecular weight excluding hydrogens is 436 g/mol. The zero-order valence-electron chi connectivity index (χ0n) is 15.8. The van der Waals surface area contributed by atoms with E-state index in [2.05, 4.69) is 26.3 Å². The maximum absolute atomic E-state index is 13.5. The highest BCUT2D eigenvalue weighted by atomic mass is 79.9. The fourth-order valence-electron chi connectivity index (χ4n) is 4.30. The first-order valence-corrected chi connectivity index (χ1v) is 9.86. The quantitative estimate of drug-likeness (QED) is 0.647. The van der Waals surface area contributed by atoms with Crippen LogP contribution >= 0.6 is 15.9 Å². The first kappa shape index (κ1) is 17.9. The number of nitrogens with one attached hydrogen (secondary N) is 1. The minimum Gasteiger partial charge on any atom is -0.497 e. The van der Waals surface area contributed by atoms with Gasteiger partial charge in [0.2, 0.25) is 11.8 Å². The van der Waals surface area contributed by atoms with Crippen LogP contribution in [0.2, 0.25) is 0 Å². The number of carbonyl (C=O) groups excluding carboxylic acids is 2. The molecule has 0 fully saturated rings. The average Bonchev–Trinajstić information content (AvgIpc) is 3.23. The van der Waals surface area contributed by atoms with Crippen molar-refractivity contribution in [3.63, 3.8) is 0 Å². The van der Waals surface area contributed by atoms with Crippen LogP contribution in [0.5, 0.6) is 5.75 Å². The van der Waals surface area contributed by atoms with Crippen LogP contribution in [0.4, 0.5) is 11.5 Å². The molecule has 7 nitrogen and oxygen atoms in total. The van der Waals surface area contributed by atoms with Crippen molar-refractivity contribution in [2.75, 3.05) is 24.4 Å². The Morgan fingerprint density at radius 3 is 2.62 bits per heavy atom. The fourth-order valence-corrected chi connectivity index (χ4v) is 4.66. The van der Waals surface area contributed by atoms with Gasteiger partial charge in [0, 0.05) is 29.2 Å². The van der Waals surface area contributed by atoms with E-state index in [4.69, 9.17) is 4.74 Å². The number of ether oxygens (including phenoxy) is 1. The van der Waals surface area contributed by atoms with Gasteiger partial charge in [-0.1, -0.05) is 15.9 Å². The Morgan fingerprint density at radius 1 is 1.14 bits per heavy atom. The van der Waals surface area contributed by atoms with Crippen LogP contribution in [0, 0.1) is 0 Å². The molecule has 0 bridgehead atoms. The van der Waals surface area contributed by atoms with Gasteiger partial charge in [-0.2, -0.15) is 5.10 Å². The van der Waals surface area contributed by atoms with Gasteiger partial charge in [0.25, 0.3) is 0 Å². The van der Waals surface area contributed by atoms with E-state index in [1.807, 2.05) is 42.5 Å². The third kappa shape index (κ3) is 2.38. The summed E-state index contributed by atoms with van der Waals surface area (Å²) in [6.07, 6.45) is 1.72. The molecule has 0 saturated heterocycles. The molecule has 1 N–H and O–H groups in total. The molecule has 0 radical (unpaired) electrons. The molecule has 1 atom stereocenters. The molecule has 0 unspecified atom stereocenters. The molecule has 146 valence electrons. The summed E-state index contributed by atoms with van der Waals surface area (Å²) in [5.41, 5.74) is 1.98. The van der Waals surface area contributed by atoms with Gasteiger partial charge in [0.15, 0.2) is 0 Å². The molecule has 3 aromatic rings. The summed E-state index contributed by atoms with van der Waals surface area (Å²) in [6, 6.07) is 13.1. The van der Waals surface area contributed by atoms with E-state index in [9.17, 15) is 9.59 Å². The summed E-state index contributed by atoms with van der Waals surface area (Å²) in [5.74, 6) is 0.890. The molecule has 5 rings (SSSR count). The van der Waals surface area contributed by atoms with Crippen molar-refractivity contribution in [1.29, 1.82) is 0 Å². The lowest BCUT2D eigenvalue weighted by Crippen LogP contribution is -2.45. The second-order valence-corrected chi connectivity index (χ2v) is 8.09. The molecule has 0 saturated carbocycles. The van der Waals surface area contributed by atoms with Crippen molar-refractivity contribution in [3.8, 4) is 11.4 Å². The lowest BCUT2D eigenvalue weighted by atomic mass is 9.72. The number of halogens is 1. The first-order chi connectivity index (χ1) is 14.0. The minimum atomic E-state index is -1.09. The van der Waals surface area contributed by atoms with Gasteiger partial charge >= 0.3 is 0 Å². The van der Waals surface area contributed by atoms with E-state index in [0.29, 0.717) is 11.4 Å². The van der Waals surface area contributed by atoms with Crippen molar-refractivity contribution in [3.05, 3.63) is 64.3 Å². The lowest BCUT2D eigenvalue weighted by molar-refractivity contribution is -0.126. The van der Waals surface area contributed by atoms with Gasteiger partial charge in [-0.05, 0) is 48.0 Å². The largest absolute Gasteiger partial charge is 0.497 e. The Morgan fingerprint density at radius 2 is 1.90 bits per heavy atom. The molecule has 2 aliphatic heterocycles. The van der Waals surface area contributed by atoms with E-state index in [-0.39, 0.29) is 18.2 Å². The number of nitrogens with zero attached hydrogens (tertiary/aromatic N) is 3. The Kier molecular flexibility index (Phi) is 3.82. The van der Waals surface area contributed by atoms with Gasteiger partial charge in [0.05, 0.1) is 19.0 Å². The predicted molar refractivity (Wildman–Crippen MR) is 112 cm³/mol. The molecule has 1 spiro atoms. The zero-order valence-corrected chi connectivity index (χ0v) is 17.4. The predicted octanol–water partition coefficient (Wildman–Crippen LogP) is 3.25. The summed E-state index contributed by atoms with van der Waals surface area (Å²) in [7, 11) is 3.34. The Hall–Kier alpha value is -3.13. The smallest absolute Gasteiger partial charge is 0.242 e. The highest BCUT2D eigenvalue weighted by molar-refractivity contribution is 9.10. The van der Waals surface area contributed by atoms with Crippen molar-refractivity contribution < 1.29 is 14.3 Å². The molecule has 2 amide bonds. The van der Waals surface area contributed by atoms with Crippen molar-refractivity contribution >= 4 is 39.2 Å². The fraction of sp³-hybridized carbons (Fsp3) is 0.190. The second-order valence-electron chi connectivity index (χ2n) is 7.17. The van der Waals surface area contributed by atoms with Gasteiger partial charge in [-0.25, -0.2) is 4.68 Å². The van der Waals surface area contributed by atoms with Gasteiger partial charge in [0.1, 0.15) is 17.0 Å². The van der Waals surface area contributed by atoms with Crippen molar-refractivity contribution in [2.24, 2.45) is 0 Å². The van der Waals surface area contributed by atoms with Crippen LogP contribution in [0.1, 0.15) is 17.5 Å². The molecule has 1 aromatic heterocycles. The van der Waals surface area contributed by atoms with E-state index in [0.717, 1.165) is 27.2 Å². The third-order valence-electron chi connectivity index (χ3n) is 5.68. The highest BCUT2D eigenvalue weighted by Gasteiger charge is 2.56. The van der Waals surface area contributed by atoms with Gasteiger partial charge in [-0.15, -0.1) is 0 Å². The normalized spacial score (nSPS) is 19.9. The number of amides is 2. The molecule has 29 heavy (non-hydrogen) atoms. The van der Waals surface area contributed by atoms with E-state index >= 15 is 0 Å². The standard InChI is InChI=1S/C21H17BrN4O3/c1-25-17-8-3-12(22)9-15(17)21(20(25)28)10-18(27)24-19-16(21)11-23-26(19)13-4-6-14(29-2)7-5-13/h3-9,11H,10H2,1-2H3,(H,24,27)/t21-/m0/s1. The van der Waals surface area contributed by atoms with Crippen LogP contribution in [-0.4, -0.2) is 35.8 Å². The number of carbonyl (C=O) groups is 2. The van der Waals surface area contributed by atoms with E-state index in [1.54, 1.807) is 29.9 Å². The monoisotopic (exact) mass is 452 g/mol. The maximum Gasteiger partial charge on any atom is 0.242 e. The molecule has 3 heterocycles. The van der Waals surface area contributed by atoms with Gasteiger partial charge in [-0.3, -0.25) is 9.59 Å². The number of hydrogen-bond donors (Lipinski definition) is 1. The number of rotatable bonds is 2. The summed E-state index contributed by atoms with van der Waals surface area (Å²) in [5, 5.41) is 7.43. The molecule has 2 aliphatic rings. The maximum atomic E-state index is 13.5. The molecular formula is C21H17BrN4O3. The molecule has 0 aliphatic carbocycles. The molecule has 8 heteroatoms. The number of benzene rings is 2. The third-order valence-corrected chi connectivity index (χ3v) is 6.17.